The Labute approximate surface area is 317 Å². The number of fused-ring (bicyclic) bond motifs is 2. The molecule has 284 valence electrons. The van der Waals surface area contributed by atoms with E-state index in [2.05, 4.69) is 60.2 Å². The predicted octanol–water partition coefficient (Wildman–Crippen LogP) is 8.54. The largest absolute Gasteiger partial charge is 0.444 e. The van der Waals surface area contributed by atoms with Crippen molar-refractivity contribution in [3.05, 3.63) is 52.6 Å². The Kier molecular flexibility index (Phi) is 12.2. The fourth-order valence-electron chi connectivity index (χ4n) is 5.65. The van der Waals surface area contributed by atoms with Gasteiger partial charge in [-0.3, -0.25) is 9.88 Å². The van der Waals surface area contributed by atoms with Gasteiger partial charge in [-0.05, 0) is 85.9 Å². The normalized spacial score (nSPS) is 14.6. The lowest BCUT2D eigenvalue weighted by molar-refractivity contribution is 0.00177. The molecule has 1 aliphatic carbocycles. The minimum Gasteiger partial charge on any atom is -0.444 e. The number of carbonyl (C=O) groups is 1. The zero-order chi connectivity index (χ0) is 38.1. The van der Waals surface area contributed by atoms with Crippen LogP contribution in [0.15, 0.2) is 41.1 Å². The highest BCUT2D eigenvalue weighted by Crippen LogP contribution is 2.44. The number of nitrogens with zero attached hydrogens (tertiary/aromatic N) is 6. The lowest BCUT2D eigenvalue weighted by atomic mass is 10.1. The molecule has 4 aromatic rings. The Bertz CT molecular complexity index is 1860. The summed E-state index contributed by atoms with van der Waals surface area (Å²) in [7, 11) is -2.70. The number of aliphatic hydroxyl groups is 1. The summed E-state index contributed by atoms with van der Waals surface area (Å²) < 4.78 is 35.1. The first-order valence-electron chi connectivity index (χ1n) is 17.9. The molecule has 0 unspecified atom stereocenters. The molecule has 1 aromatic carbocycles. The molecule has 52 heavy (non-hydrogen) atoms. The number of halogens is 2. The molecular weight excluding hydrogens is 764 g/mol. The second kappa shape index (κ2) is 15.8. The molecule has 3 aromatic heterocycles. The molecule has 0 atom stereocenters. The molecule has 5 rings (SSSR count). The molecule has 15 heteroatoms. The second-order valence-corrected chi connectivity index (χ2v) is 29.3. The van der Waals surface area contributed by atoms with Gasteiger partial charge in [0.15, 0.2) is 11.5 Å². The summed E-state index contributed by atoms with van der Waals surface area (Å²) in [6.07, 6.45) is 4.23. The Balaban J connectivity index is 1.64. The van der Waals surface area contributed by atoms with E-state index in [0.29, 0.717) is 69.7 Å². The van der Waals surface area contributed by atoms with Crippen molar-refractivity contribution in [2.24, 2.45) is 0 Å². The smallest absolute Gasteiger partial charge is 0.411 e. The van der Waals surface area contributed by atoms with Crippen LogP contribution in [-0.2, 0) is 20.8 Å². The van der Waals surface area contributed by atoms with Crippen molar-refractivity contribution in [2.75, 3.05) is 38.2 Å². The van der Waals surface area contributed by atoms with E-state index >= 15 is 0 Å². The third kappa shape index (κ3) is 10.2. The van der Waals surface area contributed by atoms with Gasteiger partial charge in [-0.15, -0.1) is 0 Å². The molecule has 1 saturated carbocycles. The maximum Gasteiger partial charge on any atom is 0.411 e. The van der Waals surface area contributed by atoms with Crippen LogP contribution in [0.4, 0.5) is 15.0 Å². The van der Waals surface area contributed by atoms with Crippen LogP contribution in [0, 0.1) is 5.82 Å². The van der Waals surface area contributed by atoms with Gasteiger partial charge in [-0.25, -0.2) is 14.2 Å². The van der Waals surface area contributed by atoms with Crippen LogP contribution < -0.4 is 4.90 Å². The summed E-state index contributed by atoms with van der Waals surface area (Å²) >= 11 is 3.88. The van der Waals surface area contributed by atoms with Crippen molar-refractivity contribution in [1.29, 1.82) is 0 Å². The predicted molar refractivity (Wildman–Crippen MR) is 213 cm³/mol. The van der Waals surface area contributed by atoms with Crippen molar-refractivity contribution in [3.63, 3.8) is 0 Å². The fraction of sp³-hybridized carbons (Fsp3) is 0.568. The van der Waals surface area contributed by atoms with Gasteiger partial charge in [-0.1, -0.05) is 39.3 Å². The highest BCUT2D eigenvalue weighted by atomic mass is 79.9. The Hall–Kier alpha value is -2.96. The van der Waals surface area contributed by atoms with Crippen molar-refractivity contribution < 1.29 is 28.5 Å². The lowest BCUT2D eigenvalue weighted by Crippen LogP contribution is -2.46. The molecule has 11 nitrogen and oxygen atoms in total. The Morgan fingerprint density at radius 3 is 2.21 bits per heavy atom. The number of amides is 1. The summed E-state index contributed by atoms with van der Waals surface area (Å²) in [5.74, 6) is 0.294. The number of aromatic nitrogens is 4. The summed E-state index contributed by atoms with van der Waals surface area (Å²) in [5.41, 5.74) is 1.63. The first kappa shape index (κ1) is 40.2. The minimum atomic E-state index is -1.35. The van der Waals surface area contributed by atoms with E-state index in [1.165, 1.54) is 12.1 Å². The highest BCUT2D eigenvalue weighted by Gasteiger charge is 2.51. The van der Waals surface area contributed by atoms with Gasteiger partial charge < -0.3 is 24.2 Å². The number of anilines is 1. The molecule has 1 N–H and O–H groups in total. The molecule has 1 amide bonds. The topological polar surface area (TPSA) is 115 Å². The maximum atomic E-state index is 14.3. The maximum absolute atomic E-state index is 14.3. The first-order valence-corrected chi connectivity index (χ1v) is 26.1. The molecule has 0 saturated heterocycles. The lowest BCUT2D eigenvalue weighted by Gasteiger charge is -2.33. The molecule has 3 heterocycles. The monoisotopic (exact) mass is 816 g/mol. The van der Waals surface area contributed by atoms with Crippen LogP contribution in [0.25, 0.3) is 27.7 Å². The fourth-order valence-corrected chi connectivity index (χ4v) is 7.80. The average Bonchev–Trinajstić information content (AvgIpc) is 3.72. The molecule has 0 radical (unpaired) electrons. The van der Waals surface area contributed by atoms with Gasteiger partial charge >= 0.3 is 6.09 Å². The molecule has 1 fully saturated rings. The van der Waals surface area contributed by atoms with Gasteiger partial charge in [0.05, 0.1) is 40.6 Å². The van der Waals surface area contributed by atoms with Gasteiger partial charge in [0, 0.05) is 52.1 Å². The molecule has 0 spiro atoms. The first-order chi connectivity index (χ1) is 24.3. The minimum absolute atomic E-state index is 0.0617. The zero-order valence-corrected chi connectivity index (χ0v) is 35.6. The van der Waals surface area contributed by atoms with E-state index in [0.717, 1.165) is 12.1 Å². The van der Waals surface area contributed by atoms with Crippen LogP contribution >= 0.6 is 15.9 Å². The van der Waals surface area contributed by atoms with Crippen molar-refractivity contribution in [2.45, 2.75) is 103 Å². The van der Waals surface area contributed by atoms with Crippen molar-refractivity contribution in [3.8, 4) is 11.1 Å². The van der Waals surface area contributed by atoms with E-state index in [-0.39, 0.29) is 32.4 Å². The number of carbonyl (C=O) groups excluding carboxylic acids is 1. The number of ether oxygens (including phenoxy) is 3. The summed E-state index contributed by atoms with van der Waals surface area (Å²) in [6.45, 7) is 20.9. The van der Waals surface area contributed by atoms with E-state index in [1.54, 1.807) is 27.9 Å². The van der Waals surface area contributed by atoms with Crippen LogP contribution in [0.5, 0.6) is 0 Å². The Morgan fingerprint density at radius 1 is 1.02 bits per heavy atom. The van der Waals surface area contributed by atoms with Gasteiger partial charge in [-0.2, -0.15) is 9.61 Å². The summed E-state index contributed by atoms with van der Waals surface area (Å²) in [4.78, 5) is 27.1. The number of hydrogen-bond acceptors (Lipinski definition) is 9. The van der Waals surface area contributed by atoms with Crippen LogP contribution in [0.1, 0.15) is 39.3 Å². The molecular formula is C37H54BrFN6O5Si2. The standard InChI is InChI=1S/C37H54BrFN6O5Si2/c1-36(2,3)50-35(47)44(37(23-46)12-13-37)22-31-32(38)34(43(24-48-14-16-51(4,5)6)25-49-15-17-52(7,8)9)45-33(42-31)29(21-41-45)27-18-26-19-28(39)10-11-30(26)40-20-27/h10-11,18-21,46H,12-17,22-25H2,1-9H3. The van der Waals surface area contributed by atoms with Gasteiger partial charge in [0.25, 0.3) is 0 Å². The third-order valence-electron chi connectivity index (χ3n) is 8.99. The zero-order valence-electron chi connectivity index (χ0n) is 32.1. The number of benzene rings is 1. The van der Waals surface area contributed by atoms with E-state index in [1.807, 2.05) is 31.7 Å². The van der Waals surface area contributed by atoms with Crippen molar-refractivity contribution >= 4 is 60.5 Å². The van der Waals surface area contributed by atoms with E-state index < -0.39 is 33.4 Å². The van der Waals surface area contributed by atoms with Crippen molar-refractivity contribution in [1.82, 2.24) is 24.5 Å². The van der Waals surface area contributed by atoms with Crippen LogP contribution in [0.2, 0.25) is 51.4 Å². The third-order valence-corrected chi connectivity index (χ3v) is 13.2. The van der Waals surface area contributed by atoms with Gasteiger partial charge in [0.1, 0.15) is 24.9 Å². The summed E-state index contributed by atoms with van der Waals surface area (Å²) in [5, 5.41) is 16.0. The van der Waals surface area contributed by atoms with E-state index in [9.17, 15) is 14.3 Å². The van der Waals surface area contributed by atoms with Crippen LogP contribution in [0.3, 0.4) is 0 Å². The number of pyridine rings is 1. The molecule has 0 aliphatic heterocycles. The second-order valence-electron chi connectivity index (χ2n) is 17.2. The van der Waals surface area contributed by atoms with Crippen LogP contribution in [-0.4, -0.2) is 96.3 Å². The highest BCUT2D eigenvalue weighted by molar-refractivity contribution is 9.10. The quantitative estimate of drug-likeness (QED) is 0.0675. The number of hydrogen-bond donors (Lipinski definition) is 1. The number of aliphatic hydroxyl groups excluding tert-OH is 1. The molecule has 1 aliphatic rings. The Morgan fingerprint density at radius 2 is 1.65 bits per heavy atom. The SMILES string of the molecule is CC(C)(C)OC(=O)N(Cc1nc2c(-c3cnc4ccc(F)cc4c3)cnn2c(N(COCC[Si](C)(C)C)COCC[Si](C)(C)C)c1Br)C1(CO)CC1. The number of rotatable bonds is 16. The molecule has 0 bridgehead atoms. The summed E-state index contributed by atoms with van der Waals surface area (Å²) in [6, 6.07) is 8.39. The van der Waals surface area contributed by atoms with Gasteiger partial charge in [0.2, 0.25) is 0 Å². The van der Waals surface area contributed by atoms with E-state index in [4.69, 9.17) is 24.3 Å². The average molecular weight is 818 g/mol.